The Kier molecular flexibility index (Phi) is 3.31. The van der Waals surface area contributed by atoms with Gasteiger partial charge in [0.2, 0.25) is 5.91 Å². The number of hydrogen-bond acceptors (Lipinski definition) is 3. The average molecular weight is 240 g/mol. The number of imide groups is 1. The molecule has 1 aliphatic carbocycles. The van der Waals surface area contributed by atoms with E-state index in [0.717, 1.165) is 32.1 Å². The largest absolute Gasteiger partial charge is 0.480 e. The van der Waals surface area contributed by atoms with Crippen molar-refractivity contribution >= 4 is 17.9 Å². The van der Waals surface area contributed by atoms with Gasteiger partial charge >= 0.3 is 12.0 Å². The molecule has 1 aliphatic heterocycles. The lowest BCUT2D eigenvalue weighted by Crippen LogP contribution is -2.61. The van der Waals surface area contributed by atoms with Gasteiger partial charge in [0.05, 0.1) is 6.42 Å². The van der Waals surface area contributed by atoms with Crippen LogP contribution in [0.25, 0.3) is 0 Å². The van der Waals surface area contributed by atoms with E-state index in [1.54, 1.807) is 0 Å². The molecule has 6 nitrogen and oxygen atoms in total. The van der Waals surface area contributed by atoms with Gasteiger partial charge in [0.15, 0.2) is 0 Å². The second-order valence-electron chi connectivity index (χ2n) is 4.61. The van der Waals surface area contributed by atoms with Crippen molar-refractivity contribution in [3.05, 3.63) is 0 Å². The van der Waals surface area contributed by atoms with Crippen LogP contribution in [0.15, 0.2) is 0 Å². The minimum absolute atomic E-state index is 0.0436. The number of carboxylic acid groups (broad SMARTS) is 1. The van der Waals surface area contributed by atoms with Gasteiger partial charge < -0.3 is 10.0 Å². The van der Waals surface area contributed by atoms with E-state index in [1.807, 2.05) is 0 Å². The highest BCUT2D eigenvalue weighted by atomic mass is 16.4. The van der Waals surface area contributed by atoms with Crippen molar-refractivity contribution in [2.75, 3.05) is 0 Å². The first-order valence-electron chi connectivity index (χ1n) is 5.94. The molecule has 17 heavy (non-hydrogen) atoms. The highest BCUT2D eigenvalue weighted by Crippen LogP contribution is 2.26. The third-order valence-corrected chi connectivity index (χ3v) is 3.45. The molecule has 6 heteroatoms. The lowest BCUT2D eigenvalue weighted by Gasteiger charge is -2.40. The van der Waals surface area contributed by atoms with Crippen molar-refractivity contribution in [3.63, 3.8) is 0 Å². The van der Waals surface area contributed by atoms with Crippen LogP contribution in [0.3, 0.4) is 0 Å². The van der Waals surface area contributed by atoms with Crippen molar-refractivity contribution in [1.29, 1.82) is 0 Å². The fourth-order valence-corrected chi connectivity index (χ4v) is 2.64. The summed E-state index contributed by atoms with van der Waals surface area (Å²) in [5, 5.41) is 11.3. The van der Waals surface area contributed by atoms with E-state index in [-0.39, 0.29) is 12.5 Å². The van der Waals surface area contributed by atoms with Gasteiger partial charge in [-0.05, 0) is 12.8 Å². The van der Waals surface area contributed by atoms with Gasteiger partial charge in [0, 0.05) is 6.04 Å². The third-order valence-electron chi connectivity index (χ3n) is 3.45. The third kappa shape index (κ3) is 2.40. The van der Waals surface area contributed by atoms with E-state index in [0.29, 0.717) is 0 Å². The molecular formula is C11H16N2O4. The number of hydrogen-bond donors (Lipinski definition) is 2. The Morgan fingerprint density at radius 3 is 2.47 bits per heavy atom. The molecule has 1 saturated carbocycles. The Morgan fingerprint density at radius 2 is 1.88 bits per heavy atom. The van der Waals surface area contributed by atoms with Gasteiger partial charge in [-0.2, -0.15) is 0 Å². The van der Waals surface area contributed by atoms with Gasteiger partial charge in [-0.1, -0.05) is 19.3 Å². The minimum Gasteiger partial charge on any atom is -0.480 e. The number of aliphatic carboxylic acids is 1. The number of carbonyl (C=O) groups excluding carboxylic acids is 2. The molecule has 1 atom stereocenters. The van der Waals surface area contributed by atoms with Crippen LogP contribution < -0.4 is 5.32 Å². The smallest absolute Gasteiger partial charge is 0.327 e. The fourth-order valence-electron chi connectivity index (χ4n) is 2.64. The lowest BCUT2D eigenvalue weighted by atomic mass is 9.92. The first-order valence-corrected chi connectivity index (χ1v) is 5.94. The van der Waals surface area contributed by atoms with E-state index in [9.17, 15) is 14.4 Å². The zero-order valence-corrected chi connectivity index (χ0v) is 9.52. The summed E-state index contributed by atoms with van der Waals surface area (Å²) in [5.74, 6) is -1.60. The number of nitrogens with zero attached hydrogens (tertiary/aromatic N) is 1. The molecule has 2 rings (SSSR count). The molecule has 0 aromatic carbocycles. The topological polar surface area (TPSA) is 86.7 Å². The molecule has 2 aliphatic rings. The van der Waals surface area contributed by atoms with Crippen LogP contribution in [0.2, 0.25) is 0 Å². The average Bonchev–Trinajstić information content (AvgIpc) is 2.29. The molecule has 0 radical (unpaired) electrons. The number of amides is 3. The molecule has 1 heterocycles. The zero-order valence-electron chi connectivity index (χ0n) is 9.52. The van der Waals surface area contributed by atoms with Crippen LogP contribution in [0.1, 0.15) is 38.5 Å². The standard InChI is InChI=1S/C11H16N2O4/c14-9-6-8(10(15)16)13(11(17)12-9)7-4-2-1-3-5-7/h7-8H,1-6H2,(H,15,16)(H,12,14,17). The molecule has 0 bridgehead atoms. The van der Waals surface area contributed by atoms with E-state index < -0.39 is 23.9 Å². The Morgan fingerprint density at radius 1 is 1.24 bits per heavy atom. The number of nitrogens with one attached hydrogen (secondary N) is 1. The van der Waals surface area contributed by atoms with E-state index in [1.165, 1.54) is 4.90 Å². The van der Waals surface area contributed by atoms with E-state index in [2.05, 4.69) is 5.32 Å². The van der Waals surface area contributed by atoms with E-state index >= 15 is 0 Å². The lowest BCUT2D eigenvalue weighted by molar-refractivity contribution is -0.147. The molecule has 2 fully saturated rings. The number of rotatable bonds is 2. The molecule has 1 saturated heterocycles. The molecular weight excluding hydrogens is 224 g/mol. The maximum Gasteiger partial charge on any atom is 0.327 e. The Hall–Kier alpha value is -1.59. The van der Waals surface area contributed by atoms with Gasteiger partial charge in [0.1, 0.15) is 6.04 Å². The van der Waals surface area contributed by atoms with Crippen LogP contribution in [0, 0.1) is 0 Å². The fraction of sp³-hybridized carbons (Fsp3) is 0.727. The quantitative estimate of drug-likeness (QED) is 0.744. The predicted octanol–water partition coefficient (Wildman–Crippen LogP) is 0.714. The zero-order chi connectivity index (χ0) is 12.4. The molecule has 0 aromatic heterocycles. The first-order chi connectivity index (χ1) is 8.09. The molecule has 0 aromatic rings. The first kappa shape index (κ1) is 11.9. The highest BCUT2D eigenvalue weighted by molar-refractivity contribution is 6.01. The summed E-state index contributed by atoms with van der Waals surface area (Å²) in [6.45, 7) is 0. The van der Waals surface area contributed by atoms with Gasteiger partial charge in [-0.25, -0.2) is 9.59 Å². The van der Waals surface area contributed by atoms with Crippen molar-refractivity contribution < 1.29 is 19.5 Å². The number of carboxylic acids is 1. The van der Waals surface area contributed by atoms with Crippen LogP contribution in [0.4, 0.5) is 4.79 Å². The van der Waals surface area contributed by atoms with Crippen molar-refractivity contribution in [2.45, 2.75) is 50.6 Å². The van der Waals surface area contributed by atoms with Crippen molar-refractivity contribution in [3.8, 4) is 0 Å². The van der Waals surface area contributed by atoms with Crippen LogP contribution >= 0.6 is 0 Å². The van der Waals surface area contributed by atoms with Crippen LogP contribution in [0.5, 0.6) is 0 Å². The highest BCUT2D eigenvalue weighted by Gasteiger charge is 2.41. The van der Waals surface area contributed by atoms with Gasteiger partial charge in [-0.3, -0.25) is 10.1 Å². The maximum atomic E-state index is 11.7. The maximum absolute atomic E-state index is 11.7. The van der Waals surface area contributed by atoms with Crippen molar-refractivity contribution in [2.24, 2.45) is 0 Å². The van der Waals surface area contributed by atoms with Gasteiger partial charge in [-0.15, -0.1) is 0 Å². The van der Waals surface area contributed by atoms with E-state index in [4.69, 9.17) is 5.11 Å². The summed E-state index contributed by atoms with van der Waals surface area (Å²) in [7, 11) is 0. The molecule has 3 amide bonds. The second-order valence-corrected chi connectivity index (χ2v) is 4.61. The predicted molar refractivity (Wildman–Crippen MR) is 58.3 cm³/mol. The second kappa shape index (κ2) is 4.73. The molecule has 0 spiro atoms. The normalized spacial score (nSPS) is 26.8. The number of carbonyl (C=O) groups is 3. The summed E-state index contributed by atoms with van der Waals surface area (Å²) >= 11 is 0. The molecule has 94 valence electrons. The summed E-state index contributed by atoms with van der Waals surface area (Å²) in [4.78, 5) is 35.4. The van der Waals surface area contributed by atoms with Crippen LogP contribution in [-0.2, 0) is 9.59 Å². The summed E-state index contributed by atoms with van der Waals surface area (Å²) < 4.78 is 0. The van der Waals surface area contributed by atoms with Crippen LogP contribution in [-0.4, -0.2) is 40.0 Å². The molecule has 1 unspecified atom stereocenters. The van der Waals surface area contributed by atoms with Gasteiger partial charge in [0.25, 0.3) is 0 Å². The number of urea groups is 1. The monoisotopic (exact) mass is 240 g/mol. The van der Waals surface area contributed by atoms with Crippen molar-refractivity contribution in [1.82, 2.24) is 10.2 Å². The molecule has 2 N–H and O–H groups in total. The minimum atomic E-state index is -1.10. The Labute approximate surface area is 99.0 Å². The summed E-state index contributed by atoms with van der Waals surface area (Å²) in [5.41, 5.74) is 0. The summed E-state index contributed by atoms with van der Waals surface area (Å²) in [6, 6.07) is -1.60. The SMILES string of the molecule is O=C1CC(C(=O)O)N(C2CCCCC2)C(=O)N1. The Balaban J connectivity index is 2.17. The summed E-state index contributed by atoms with van der Waals surface area (Å²) in [6.07, 6.45) is 4.65. The Bertz CT molecular complexity index is 349.